The van der Waals surface area contributed by atoms with Crippen molar-refractivity contribution in [2.45, 2.75) is 12.5 Å². The Morgan fingerprint density at radius 2 is 2.40 bits per heavy atom. The normalized spacial score (nSPS) is 13.0. The van der Waals surface area contributed by atoms with Gasteiger partial charge < -0.3 is 15.6 Å². The van der Waals surface area contributed by atoms with Gasteiger partial charge in [0.05, 0.1) is 25.9 Å². The second kappa shape index (κ2) is 6.74. The summed E-state index contributed by atoms with van der Waals surface area (Å²) >= 11 is 0. The zero-order valence-corrected chi connectivity index (χ0v) is 6.12. The highest BCUT2D eigenvalue weighted by Gasteiger charge is 1.97. The van der Waals surface area contributed by atoms with Crippen LogP contribution in [0.1, 0.15) is 6.42 Å². The molecule has 0 heterocycles. The monoisotopic (exact) mass is 145 g/mol. The van der Waals surface area contributed by atoms with Gasteiger partial charge in [0.2, 0.25) is 0 Å². The van der Waals surface area contributed by atoms with Crippen molar-refractivity contribution >= 4 is 0 Å². The van der Waals surface area contributed by atoms with Gasteiger partial charge in [-0.15, -0.1) is 6.58 Å². The Bertz CT molecular complexity index is 85.7. The van der Waals surface area contributed by atoms with E-state index in [0.717, 1.165) is 6.42 Å². The Morgan fingerprint density at radius 3 is 2.90 bits per heavy atom. The van der Waals surface area contributed by atoms with Gasteiger partial charge in [0, 0.05) is 0 Å². The highest BCUT2D eigenvalue weighted by Crippen LogP contribution is 1.84. The number of ether oxygens (including phenoxy) is 1. The highest BCUT2D eigenvalue weighted by atomic mass is 16.5. The van der Waals surface area contributed by atoms with E-state index in [-0.39, 0.29) is 12.6 Å². The summed E-state index contributed by atoms with van der Waals surface area (Å²) in [6.45, 7) is 4.57. The van der Waals surface area contributed by atoms with Gasteiger partial charge in [-0.1, -0.05) is 6.08 Å². The lowest BCUT2D eigenvalue weighted by Crippen LogP contribution is -2.30. The summed E-state index contributed by atoms with van der Waals surface area (Å²) in [4.78, 5) is 0. The third-order valence-electron chi connectivity index (χ3n) is 1.03. The zero-order chi connectivity index (χ0) is 7.82. The molecular formula is C7H15NO2. The summed E-state index contributed by atoms with van der Waals surface area (Å²) in [7, 11) is 0. The minimum absolute atomic E-state index is 0.0198. The molecule has 10 heavy (non-hydrogen) atoms. The molecule has 0 aromatic rings. The van der Waals surface area contributed by atoms with Crippen molar-refractivity contribution in [2.75, 3.05) is 19.8 Å². The van der Waals surface area contributed by atoms with Crippen LogP contribution in [0.3, 0.4) is 0 Å². The van der Waals surface area contributed by atoms with E-state index in [4.69, 9.17) is 15.6 Å². The standard InChI is InChI=1S/C7H15NO2/c1-2-3-4-10-6-7(8)5-9/h2,7,9H,1,3-6,8H2. The van der Waals surface area contributed by atoms with Crippen LogP contribution in [0.2, 0.25) is 0 Å². The first kappa shape index (κ1) is 9.62. The molecule has 0 aromatic carbocycles. The molecule has 0 radical (unpaired) electrons. The van der Waals surface area contributed by atoms with Crippen molar-refractivity contribution in [2.24, 2.45) is 5.73 Å². The lowest BCUT2D eigenvalue weighted by molar-refractivity contribution is 0.104. The highest BCUT2D eigenvalue weighted by molar-refractivity contribution is 4.65. The maximum absolute atomic E-state index is 8.47. The van der Waals surface area contributed by atoms with Crippen molar-refractivity contribution in [3.8, 4) is 0 Å². The molecule has 0 saturated heterocycles. The number of rotatable bonds is 6. The summed E-state index contributed by atoms with van der Waals surface area (Å²) in [5, 5.41) is 8.47. The number of nitrogens with two attached hydrogens (primary N) is 1. The number of aliphatic hydroxyl groups excluding tert-OH is 1. The van der Waals surface area contributed by atoms with Crippen LogP contribution in [0.15, 0.2) is 12.7 Å². The lowest BCUT2D eigenvalue weighted by Gasteiger charge is -2.07. The van der Waals surface area contributed by atoms with Crippen LogP contribution in [0, 0.1) is 0 Å². The van der Waals surface area contributed by atoms with E-state index in [9.17, 15) is 0 Å². The van der Waals surface area contributed by atoms with Crippen molar-refractivity contribution in [1.29, 1.82) is 0 Å². The summed E-state index contributed by atoms with van der Waals surface area (Å²) in [6, 6.07) is -0.246. The van der Waals surface area contributed by atoms with Crippen molar-refractivity contribution in [1.82, 2.24) is 0 Å². The Balaban J connectivity index is 2.95. The van der Waals surface area contributed by atoms with Gasteiger partial charge >= 0.3 is 0 Å². The van der Waals surface area contributed by atoms with Crippen LogP contribution in [0.5, 0.6) is 0 Å². The molecule has 0 saturated carbocycles. The number of aliphatic hydroxyl groups is 1. The fourth-order valence-electron chi connectivity index (χ4n) is 0.454. The Labute approximate surface area is 61.5 Å². The summed E-state index contributed by atoms with van der Waals surface area (Å²) in [5.74, 6) is 0. The summed E-state index contributed by atoms with van der Waals surface area (Å²) in [6.07, 6.45) is 2.61. The summed E-state index contributed by atoms with van der Waals surface area (Å²) < 4.78 is 5.07. The van der Waals surface area contributed by atoms with Crippen LogP contribution < -0.4 is 5.73 Å². The van der Waals surface area contributed by atoms with E-state index >= 15 is 0 Å². The van der Waals surface area contributed by atoms with Gasteiger partial charge in [-0.25, -0.2) is 0 Å². The molecule has 1 unspecified atom stereocenters. The SMILES string of the molecule is C=CCCOCC(N)CO. The van der Waals surface area contributed by atoms with E-state index in [0.29, 0.717) is 13.2 Å². The second-order valence-corrected chi connectivity index (χ2v) is 2.09. The molecule has 0 aromatic heterocycles. The third-order valence-corrected chi connectivity index (χ3v) is 1.03. The molecule has 60 valence electrons. The fraction of sp³-hybridized carbons (Fsp3) is 0.714. The van der Waals surface area contributed by atoms with Crippen LogP contribution >= 0.6 is 0 Å². The minimum atomic E-state index is -0.246. The molecule has 3 heteroatoms. The first-order chi connectivity index (χ1) is 4.81. The van der Waals surface area contributed by atoms with E-state index < -0.39 is 0 Å². The molecule has 0 aliphatic carbocycles. The van der Waals surface area contributed by atoms with Crippen LogP contribution in [0.25, 0.3) is 0 Å². The van der Waals surface area contributed by atoms with E-state index in [1.165, 1.54) is 0 Å². The average Bonchev–Trinajstić information content (AvgIpc) is 1.98. The Morgan fingerprint density at radius 1 is 1.70 bits per heavy atom. The van der Waals surface area contributed by atoms with Crippen LogP contribution in [0.4, 0.5) is 0 Å². The average molecular weight is 145 g/mol. The quantitative estimate of drug-likeness (QED) is 0.405. The molecule has 0 rings (SSSR count). The molecule has 1 atom stereocenters. The molecule has 0 bridgehead atoms. The molecule has 0 spiro atoms. The largest absolute Gasteiger partial charge is 0.395 e. The predicted octanol–water partition coefficient (Wildman–Crippen LogP) is -0.101. The Kier molecular flexibility index (Phi) is 6.48. The van der Waals surface area contributed by atoms with Crippen LogP contribution in [-0.2, 0) is 4.74 Å². The molecule has 0 amide bonds. The first-order valence-corrected chi connectivity index (χ1v) is 3.36. The third kappa shape index (κ3) is 5.75. The zero-order valence-electron chi connectivity index (χ0n) is 6.12. The van der Waals surface area contributed by atoms with Gasteiger partial charge in [0.15, 0.2) is 0 Å². The second-order valence-electron chi connectivity index (χ2n) is 2.09. The van der Waals surface area contributed by atoms with E-state index in [1.807, 2.05) is 0 Å². The van der Waals surface area contributed by atoms with Gasteiger partial charge in [-0.05, 0) is 6.42 Å². The topological polar surface area (TPSA) is 55.5 Å². The maximum Gasteiger partial charge on any atom is 0.0640 e. The van der Waals surface area contributed by atoms with E-state index in [2.05, 4.69) is 6.58 Å². The van der Waals surface area contributed by atoms with Gasteiger partial charge in [-0.2, -0.15) is 0 Å². The lowest BCUT2D eigenvalue weighted by atomic mass is 10.4. The molecular weight excluding hydrogens is 130 g/mol. The van der Waals surface area contributed by atoms with Crippen molar-refractivity contribution in [3.05, 3.63) is 12.7 Å². The first-order valence-electron chi connectivity index (χ1n) is 3.36. The smallest absolute Gasteiger partial charge is 0.0640 e. The van der Waals surface area contributed by atoms with Gasteiger partial charge in [0.25, 0.3) is 0 Å². The van der Waals surface area contributed by atoms with E-state index in [1.54, 1.807) is 6.08 Å². The van der Waals surface area contributed by atoms with Gasteiger partial charge in [0.1, 0.15) is 0 Å². The maximum atomic E-state index is 8.47. The molecule has 3 N–H and O–H groups in total. The van der Waals surface area contributed by atoms with Crippen molar-refractivity contribution < 1.29 is 9.84 Å². The predicted molar refractivity (Wildman–Crippen MR) is 40.7 cm³/mol. The van der Waals surface area contributed by atoms with Crippen molar-refractivity contribution in [3.63, 3.8) is 0 Å². The number of hydrogen-bond donors (Lipinski definition) is 2. The molecule has 0 aliphatic rings. The van der Waals surface area contributed by atoms with Gasteiger partial charge in [-0.3, -0.25) is 0 Å². The fourth-order valence-corrected chi connectivity index (χ4v) is 0.454. The molecule has 0 aliphatic heterocycles. The number of hydrogen-bond acceptors (Lipinski definition) is 3. The molecule has 0 fully saturated rings. The molecule has 3 nitrogen and oxygen atoms in total. The van der Waals surface area contributed by atoms with Crippen LogP contribution in [-0.4, -0.2) is 31.0 Å². The summed E-state index contributed by atoms with van der Waals surface area (Å²) in [5.41, 5.74) is 5.35. The Hall–Kier alpha value is -0.380. The minimum Gasteiger partial charge on any atom is -0.395 e.